The topological polar surface area (TPSA) is 47.0 Å². The van der Waals surface area contributed by atoms with E-state index in [0.29, 0.717) is 18.4 Å². The zero-order valence-corrected chi connectivity index (χ0v) is 12.8. The van der Waals surface area contributed by atoms with E-state index in [0.717, 1.165) is 31.5 Å². The van der Waals surface area contributed by atoms with Crippen molar-refractivity contribution in [2.45, 2.75) is 33.1 Å². The van der Waals surface area contributed by atoms with E-state index in [1.807, 2.05) is 19.1 Å². The van der Waals surface area contributed by atoms with Gasteiger partial charge in [0.25, 0.3) is 0 Å². The van der Waals surface area contributed by atoms with Crippen molar-refractivity contribution in [3.05, 3.63) is 47.7 Å². The number of aromatic nitrogens is 2. The highest BCUT2D eigenvalue weighted by Crippen LogP contribution is 2.12. The summed E-state index contributed by atoms with van der Waals surface area (Å²) in [7, 11) is 0. The molecule has 0 aliphatic carbocycles. The Kier molecular flexibility index (Phi) is 6.00. The summed E-state index contributed by atoms with van der Waals surface area (Å²) in [5.74, 6) is 1.30. The Morgan fingerprint density at radius 1 is 1.14 bits per heavy atom. The maximum atomic E-state index is 5.56. The number of aryl methyl sites for hydroxylation is 2. The molecule has 0 bridgehead atoms. The summed E-state index contributed by atoms with van der Waals surface area (Å²) >= 11 is 0. The summed E-state index contributed by atoms with van der Waals surface area (Å²) < 4.78 is 5.56. The van der Waals surface area contributed by atoms with Gasteiger partial charge in [0.1, 0.15) is 0 Å². The number of nitrogens with zero attached hydrogens (tertiary/aromatic N) is 2. The quantitative estimate of drug-likeness (QED) is 0.753. The van der Waals surface area contributed by atoms with Crippen LogP contribution in [0.15, 0.2) is 36.4 Å². The van der Waals surface area contributed by atoms with E-state index >= 15 is 0 Å². The van der Waals surface area contributed by atoms with Gasteiger partial charge in [0.05, 0.1) is 6.61 Å². The Labute approximate surface area is 126 Å². The highest BCUT2D eigenvalue weighted by molar-refractivity contribution is 5.30. The fourth-order valence-electron chi connectivity index (χ4n) is 2.04. The van der Waals surface area contributed by atoms with E-state index in [-0.39, 0.29) is 0 Å². The van der Waals surface area contributed by atoms with E-state index in [1.54, 1.807) is 0 Å². The number of hydrogen-bond donors (Lipinski definition) is 1. The molecule has 0 aliphatic heterocycles. The molecule has 1 aromatic carbocycles. The zero-order valence-electron chi connectivity index (χ0n) is 12.8. The molecule has 0 aliphatic rings. The maximum absolute atomic E-state index is 5.56. The maximum Gasteiger partial charge on any atom is 0.226 e. The summed E-state index contributed by atoms with van der Waals surface area (Å²) in [6, 6.07) is 12.4. The molecule has 21 heavy (non-hydrogen) atoms. The predicted octanol–water partition coefficient (Wildman–Crippen LogP) is 3.62. The minimum Gasteiger partial charge on any atom is -0.478 e. The Morgan fingerprint density at radius 3 is 2.71 bits per heavy atom. The largest absolute Gasteiger partial charge is 0.478 e. The molecule has 0 radical (unpaired) electrons. The van der Waals surface area contributed by atoms with Crippen molar-refractivity contribution >= 4 is 5.95 Å². The second-order valence-corrected chi connectivity index (χ2v) is 5.04. The van der Waals surface area contributed by atoms with Gasteiger partial charge < -0.3 is 10.1 Å². The highest BCUT2D eigenvalue weighted by atomic mass is 16.5. The first-order valence-corrected chi connectivity index (χ1v) is 7.54. The van der Waals surface area contributed by atoms with E-state index in [9.17, 15) is 0 Å². The predicted molar refractivity (Wildman–Crippen MR) is 85.8 cm³/mol. The number of benzene rings is 1. The van der Waals surface area contributed by atoms with Crippen molar-refractivity contribution in [3.63, 3.8) is 0 Å². The summed E-state index contributed by atoms with van der Waals surface area (Å²) in [4.78, 5) is 8.76. The molecule has 1 N–H and O–H groups in total. The first-order valence-electron chi connectivity index (χ1n) is 7.54. The number of ether oxygens (including phenoxy) is 1. The average Bonchev–Trinajstić information content (AvgIpc) is 2.50. The van der Waals surface area contributed by atoms with Crippen LogP contribution in [0.25, 0.3) is 0 Å². The van der Waals surface area contributed by atoms with Crippen LogP contribution in [-0.4, -0.2) is 23.1 Å². The van der Waals surface area contributed by atoms with Crippen LogP contribution in [-0.2, 0) is 6.42 Å². The molecule has 1 heterocycles. The van der Waals surface area contributed by atoms with Crippen molar-refractivity contribution < 1.29 is 4.74 Å². The molecule has 0 spiro atoms. The first-order chi connectivity index (χ1) is 10.3. The zero-order chi connectivity index (χ0) is 14.9. The molecule has 4 heteroatoms. The van der Waals surface area contributed by atoms with Crippen molar-refractivity contribution in [1.82, 2.24) is 9.97 Å². The van der Waals surface area contributed by atoms with Gasteiger partial charge >= 0.3 is 0 Å². The van der Waals surface area contributed by atoms with Crippen molar-refractivity contribution in [3.8, 4) is 5.88 Å². The third-order valence-electron chi connectivity index (χ3n) is 3.05. The van der Waals surface area contributed by atoms with E-state index in [4.69, 9.17) is 4.74 Å². The van der Waals surface area contributed by atoms with Gasteiger partial charge in [0.15, 0.2) is 0 Å². The lowest BCUT2D eigenvalue weighted by Crippen LogP contribution is -2.08. The molecule has 0 fully saturated rings. The van der Waals surface area contributed by atoms with Crippen molar-refractivity contribution in [2.75, 3.05) is 18.5 Å². The summed E-state index contributed by atoms with van der Waals surface area (Å²) in [5, 5.41) is 3.27. The van der Waals surface area contributed by atoms with Crippen LogP contribution in [0, 0.1) is 6.92 Å². The normalized spacial score (nSPS) is 10.4. The second-order valence-electron chi connectivity index (χ2n) is 5.04. The lowest BCUT2D eigenvalue weighted by atomic mass is 10.1. The molecule has 112 valence electrons. The summed E-state index contributed by atoms with van der Waals surface area (Å²) in [6.45, 7) is 5.57. The molecule has 4 nitrogen and oxygen atoms in total. The van der Waals surface area contributed by atoms with E-state index < -0.39 is 0 Å². The fourth-order valence-corrected chi connectivity index (χ4v) is 2.04. The molecule has 0 saturated carbocycles. The van der Waals surface area contributed by atoms with E-state index in [2.05, 4.69) is 46.5 Å². The Balaban J connectivity index is 1.81. The van der Waals surface area contributed by atoms with Crippen LogP contribution >= 0.6 is 0 Å². The Bertz CT molecular complexity index is 543. The lowest BCUT2D eigenvalue weighted by molar-refractivity contribution is 0.305. The highest BCUT2D eigenvalue weighted by Gasteiger charge is 2.02. The number of nitrogens with one attached hydrogen (secondary N) is 1. The third kappa shape index (κ3) is 5.42. The van der Waals surface area contributed by atoms with Crippen LogP contribution in [0.1, 0.15) is 31.0 Å². The molecule has 1 aromatic heterocycles. The van der Waals surface area contributed by atoms with Crippen LogP contribution in [0.5, 0.6) is 5.88 Å². The van der Waals surface area contributed by atoms with Crippen LogP contribution < -0.4 is 10.1 Å². The first kappa shape index (κ1) is 15.3. The SMILES string of the molecule is CCCOc1cc(C)nc(NCCCc2ccccc2)n1. The molecule has 0 atom stereocenters. The van der Waals surface area contributed by atoms with Gasteiger partial charge in [0, 0.05) is 18.3 Å². The van der Waals surface area contributed by atoms with Gasteiger partial charge in [-0.05, 0) is 31.7 Å². The number of rotatable bonds is 8. The minimum atomic E-state index is 0.647. The van der Waals surface area contributed by atoms with Crippen LogP contribution in [0.2, 0.25) is 0 Å². The smallest absolute Gasteiger partial charge is 0.226 e. The summed E-state index contributed by atoms with van der Waals surface area (Å²) in [5.41, 5.74) is 2.28. The Morgan fingerprint density at radius 2 is 1.95 bits per heavy atom. The molecular formula is C17H23N3O. The minimum absolute atomic E-state index is 0.647. The third-order valence-corrected chi connectivity index (χ3v) is 3.05. The summed E-state index contributed by atoms with van der Waals surface area (Å²) in [6.07, 6.45) is 3.08. The monoisotopic (exact) mass is 285 g/mol. The average molecular weight is 285 g/mol. The number of hydrogen-bond acceptors (Lipinski definition) is 4. The van der Waals surface area contributed by atoms with Gasteiger partial charge in [-0.25, -0.2) is 4.98 Å². The van der Waals surface area contributed by atoms with Crippen LogP contribution in [0.4, 0.5) is 5.95 Å². The molecule has 0 saturated heterocycles. The van der Waals surface area contributed by atoms with Gasteiger partial charge in [-0.3, -0.25) is 0 Å². The standard InChI is InChI=1S/C17H23N3O/c1-3-12-21-16-13-14(2)19-17(20-16)18-11-7-10-15-8-5-4-6-9-15/h4-6,8-9,13H,3,7,10-12H2,1-2H3,(H,18,19,20). The number of anilines is 1. The van der Waals surface area contributed by atoms with Gasteiger partial charge in [-0.15, -0.1) is 0 Å². The molecule has 2 rings (SSSR count). The molecule has 0 unspecified atom stereocenters. The lowest BCUT2D eigenvalue weighted by Gasteiger charge is -2.09. The van der Waals surface area contributed by atoms with Gasteiger partial charge in [0.2, 0.25) is 11.8 Å². The van der Waals surface area contributed by atoms with Gasteiger partial charge in [-0.2, -0.15) is 4.98 Å². The molecular weight excluding hydrogens is 262 g/mol. The van der Waals surface area contributed by atoms with Crippen LogP contribution in [0.3, 0.4) is 0 Å². The Hall–Kier alpha value is -2.10. The van der Waals surface area contributed by atoms with E-state index in [1.165, 1.54) is 5.56 Å². The fraction of sp³-hybridized carbons (Fsp3) is 0.412. The van der Waals surface area contributed by atoms with Gasteiger partial charge in [-0.1, -0.05) is 37.3 Å². The second kappa shape index (κ2) is 8.25. The molecule has 0 amide bonds. The molecule has 2 aromatic rings. The van der Waals surface area contributed by atoms with Crippen molar-refractivity contribution in [1.29, 1.82) is 0 Å². The van der Waals surface area contributed by atoms with Crippen molar-refractivity contribution in [2.24, 2.45) is 0 Å².